The number of benzene rings is 1. The lowest BCUT2D eigenvalue weighted by molar-refractivity contribution is 1.45. The van der Waals surface area contributed by atoms with Crippen molar-refractivity contribution in [2.24, 2.45) is 0 Å². The van der Waals surface area contributed by atoms with Gasteiger partial charge in [-0.3, -0.25) is 0 Å². The molecule has 0 radical (unpaired) electrons. The number of halogens is 3. The zero-order valence-corrected chi connectivity index (χ0v) is 10.7. The van der Waals surface area contributed by atoms with Crippen LogP contribution in [0.15, 0.2) is 27.6 Å². The van der Waals surface area contributed by atoms with Crippen molar-refractivity contribution < 1.29 is 0 Å². The molecule has 0 aliphatic rings. The number of hydrogen-bond acceptors (Lipinski definition) is 1. The van der Waals surface area contributed by atoms with Crippen molar-refractivity contribution in [3.8, 4) is 0 Å². The van der Waals surface area contributed by atoms with Gasteiger partial charge in [0.05, 0.1) is 5.02 Å². The van der Waals surface area contributed by atoms with Crippen LogP contribution in [-0.2, 0) is 0 Å². The summed E-state index contributed by atoms with van der Waals surface area (Å²) in [4.78, 5) is 0.954. The molecule has 0 unspecified atom stereocenters. The molecule has 4 heteroatoms. The maximum absolute atomic E-state index is 5.77. The predicted octanol–water partition coefficient (Wildman–Crippen LogP) is 5.37. The maximum Gasteiger partial charge on any atom is 0.0559 e. The third-order valence-electron chi connectivity index (χ3n) is 0.980. The van der Waals surface area contributed by atoms with Gasteiger partial charge in [-0.2, -0.15) is 0 Å². The van der Waals surface area contributed by atoms with Crippen LogP contribution in [0.2, 0.25) is 5.02 Å². The normalized spacial score (nSPS) is 8.75. The second-order valence-corrected chi connectivity index (χ2v) is 4.00. The average molecular weight is 288 g/mol. The molecule has 68 valence electrons. The molecule has 0 heterocycles. The van der Waals surface area contributed by atoms with Gasteiger partial charge in [-0.15, -0.1) is 0 Å². The van der Waals surface area contributed by atoms with Gasteiger partial charge in [-0.25, -0.2) is 0 Å². The smallest absolute Gasteiger partial charge is 0.0559 e. The fourth-order valence-electron chi connectivity index (χ4n) is 0.525. The second kappa shape index (κ2) is 7.07. The van der Waals surface area contributed by atoms with E-state index in [0.29, 0.717) is 5.02 Å². The SMILES string of the molecule is CC.ClSc1ccc(Br)c(Cl)c1. The zero-order valence-electron chi connectivity index (χ0n) is 6.77. The third-order valence-corrected chi connectivity index (χ3v) is 3.18. The van der Waals surface area contributed by atoms with E-state index in [1.807, 2.05) is 32.0 Å². The van der Waals surface area contributed by atoms with Crippen molar-refractivity contribution in [2.75, 3.05) is 0 Å². The van der Waals surface area contributed by atoms with Crippen molar-refractivity contribution in [2.45, 2.75) is 18.7 Å². The van der Waals surface area contributed by atoms with Crippen LogP contribution < -0.4 is 0 Å². The zero-order chi connectivity index (χ0) is 9.56. The topological polar surface area (TPSA) is 0 Å². The van der Waals surface area contributed by atoms with Gasteiger partial charge in [0.15, 0.2) is 0 Å². The summed E-state index contributed by atoms with van der Waals surface area (Å²) in [5.41, 5.74) is 0. The molecule has 0 N–H and O–H groups in total. The van der Waals surface area contributed by atoms with Crippen LogP contribution in [0.3, 0.4) is 0 Å². The molecule has 0 amide bonds. The summed E-state index contributed by atoms with van der Waals surface area (Å²) in [6, 6.07) is 5.57. The number of rotatable bonds is 1. The van der Waals surface area contributed by atoms with E-state index >= 15 is 0 Å². The first-order valence-electron chi connectivity index (χ1n) is 3.47. The summed E-state index contributed by atoms with van der Waals surface area (Å²) < 4.78 is 0.892. The minimum Gasteiger partial charge on any atom is -0.0831 e. The maximum atomic E-state index is 5.77. The van der Waals surface area contributed by atoms with Crippen molar-refractivity contribution in [3.05, 3.63) is 27.7 Å². The van der Waals surface area contributed by atoms with Gasteiger partial charge in [-0.1, -0.05) is 25.4 Å². The molecule has 0 aromatic heterocycles. The van der Waals surface area contributed by atoms with Crippen molar-refractivity contribution in [1.29, 1.82) is 0 Å². The first-order chi connectivity index (χ1) is 5.74. The highest BCUT2D eigenvalue weighted by Crippen LogP contribution is 2.29. The summed E-state index contributed by atoms with van der Waals surface area (Å²) in [6.45, 7) is 4.00. The number of hydrogen-bond donors (Lipinski definition) is 0. The van der Waals surface area contributed by atoms with Crippen LogP contribution in [0, 0.1) is 0 Å². The van der Waals surface area contributed by atoms with Crippen LogP contribution in [0.1, 0.15) is 13.8 Å². The minimum atomic E-state index is 0.686. The van der Waals surface area contributed by atoms with E-state index in [0.717, 1.165) is 20.3 Å². The Hall–Kier alpha value is 0.630. The monoisotopic (exact) mass is 286 g/mol. The Kier molecular flexibility index (Phi) is 7.45. The van der Waals surface area contributed by atoms with Gasteiger partial charge in [0.2, 0.25) is 0 Å². The lowest BCUT2D eigenvalue weighted by Crippen LogP contribution is -1.69. The fraction of sp³-hybridized carbons (Fsp3) is 0.250. The lowest BCUT2D eigenvalue weighted by Gasteiger charge is -1.96. The Balaban J connectivity index is 0.000000561. The molecule has 0 nitrogen and oxygen atoms in total. The van der Waals surface area contributed by atoms with Crippen molar-refractivity contribution in [1.82, 2.24) is 0 Å². The summed E-state index contributed by atoms with van der Waals surface area (Å²) >= 11 is 9.05. The van der Waals surface area contributed by atoms with Crippen LogP contribution in [0.25, 0.3) is 0 Å². The molecule has 0 spiro atoms. The summed E-state index contributed by atoms with van der Waals surface area (Å²) in [6.07, 6.45) is 0. The largest absolute Gasteiger partial charge is 0.0831 e. The molecule has 12 heavy (non-hydrogen) atoms. The van der Waals surface area contributed by atoms with Crippen molar-refractivity contribution >= 4 is 49.2 Å². The van der Waals surface area contributed by atoms with Gasteiger partial charge < -0.3 is 0 Å². The van der Waals surface area contributed by atoms with E-state index in [9.17, 15) is 0 Å². The van der Waals surface area contributed by atoms with E-state index < -0.39 is 0 Å². The molecular formula is C8H9BrCl2S. The van der Waals surface area contributed by atoms with Crippen LogP contribution in [0.4, 0.5) is 0 Å². The molecule has 0 bridgehead atoms. The first-order valence-corrected chi connectivity index (χ1v) is 6.29. The Bertz CT molecular complexity index is 240. The lowest BCUT2D eigenvalue weighted by atomic mass is 10.4. The van der Waals surface area contributed by atoms with Gasteiger partial charge in [0.25, 0.3) is 0 Å². The predicted molar refractivity (Wildman–Crippen MR) is 62.2 cm³/mol. The molecular weight excluding hydrogens is 279 g/mol. The first kappa shape index (κ1) is 12.6. The third kappa shape index (κ3) is 4.04. The minimum absolute atomic E-state index is 0.686. The van der Waals surface area contributed by atoms with Crippen LogP contribution >= 0.6 is 49.2 Å². The molecule has 0 atom stereocenters. The molecule has 0 saturated carbocycles. The van der Waals surface area contributed by atoms with Crippen LogP contribution in [0.5, 0.6) is 0 Å². The Morgan fingerprint density at radius 1 is 1.33 bits per heavy atom. The molecule has 1 rings (SSSR count). The molecule has 1 aromatic carbocycles. The molecule has 0 fully saturated rings. The highest BCUT2D eigenvalue weighted by atomic mass is 79.9. The molecule has 0 aliphatic heterocycles. The second-order valence-electron chi connectivity index (χ2n) is 1.65. The standard InChI is InChI=1S/C6H3BrCl2S.C2H6/c7-5-2-1-4(10-9)3-6(5)8;1-2/h1-3H;1-2H3. The van der Waals surface area contributed by atoms with Crippen LogP contribution in [-0.4, -0.2) is 0 Å². The highest BCUT2D eigenvalue weighted by molar-refractivity contribution is 9.10. The molecule has 0 saturated heterocycles. The van der Waals surface area contributed by atoms with Gasteiger partial charge in [0, 0.05) is 9.37 Å². The fourth-order valence-corrected chi connectivity index (χ4v) is 1.59. The van der Waals surface area contributed by atoms with Gasteiger partial charge in [0.1, 0.15) is 0 Å². The van der Waals surface area contributed by atoms with E-state index in [1.54, 1.807) is 0 Å². The average Bonchev–Trinajstić information content (AvgIpc) is 2.13. The Labute approximate surface area is 95.3 Å². The van der Waals surface area contributed by atoms with Crippen molar-refractivity contribution in [3.63, 3.8) is 0 Å². The summed E-state index contributed by atoms with van der Waals surface area (Å²) in [7, 11) is 6.65. The van der Waals surface area contributed by atoms with Gasteiger partial charge in [-0.05, 0) is 55.8 Å². The van der Waals surface area contributed by atoms with E-state index in [1.165, 1.54) is 0 Å². The van der Waals surface area contributed by atoms with E-state index in [-0.39, 0.29) is 0 Å². The quantitative estimate of drug-likeness (QED) is 0.669. The highest BCUT2D eigenvalue weighted by Gasteiger charge is 1.97. The van der Waals surface area contributed by atoms with E-state index in [2.05, 4.69) is 15.9 Å². The summed E-state index contributed by atoms with van der Waals surface area (Å²) in [5.74, 6) is 0. The Morgan fingerprint density at radius 2 is 1.92 bits per heavy atom. The molecule has 0 aliphatic carbocycles. The van der Waals surface area contributed by atoms with E-state index in [4.69, 9.17) is 22.3 Å². The molecule has 1 aromatic rings. The summed E-state index contributed by atoms with van der Waals surface area (Å²) in [5, 5.41) is 0.686. The van der Waals surface area contributed by atoms with Gasteiger partial charge >= 0.3 is 0 Å². The Morgan fingerprint density at radius 3 is 2.33 bits per heavy atom.